The average Bonchev–Trinajstić information content (AvgIpc) is 3.10. The summed E-state index contributed by atoms with van der Waals surface area (Å²) >= 11 is 0. The summed E-state index contributed by atoms with van der Waals surface area (Å²) in [4.78, 5) is 26.8. The van der Waals surface area contributed by atoms with Crippen LogP contribution in [-0.2, 0) is 9.59 Å². The molecule has 0 radical (unpaired) electrons. The maximum atomic E-state index is 12.7. The summed E-state index contributed by atoms with van der Waals surface area (Å²) in [5.74, 6) is 0.743. The molecule has 7 nitrogen and oxygen atoms in total. The number of esters is 1. The van der Waals surface area contributed by atoms with Crippen LogP contribution in [0.2, 0.25) is 0 Å². The van der Waals surface area contributed by atoms with Gasteiger partial charge in [-0.3, -0.25) is 9.59 Å². The molecule has 1 amide bonds. The zero-order chi connectivity index (χ0) is 20.1. The van der Waals surface area contributed by atoms with Crippen LogP contribution in [0, 0.1) is 5.92 Å². The van der Waals surface area contributed by atoms with E-state index in [1.54, 1.807) is 49.6 Å². The van der Waals surface area contributed by atoms with Gasteiger partial charge in [-0.1, -0.05) is 12.1 Å². The second kappa shape index (κ2) is 8.65. The van der Waals surface area contributed by atoms with Crippen LogP contribution in [0.5, 0.6) is 23.0 Å². The van der Waals surface area contributed by atoms with Crippen LogP contribution in [0.3, 0.4) is 0 Å². The molecule has 0 aromatic heterocycles. The van der Waals surface area contributed by atoms with Crippen LogP contribution in [-0.4, -0.2) is 39.2 Å². The van der Waals surface area contributed by atoms with E-state index in [9.17, 15) is 9.59 Å². The largest absolute Gasteiger partial charge is 0.497 e. The number of hydrogen-bond acceptors (Lipinski definition) is 6. The number of hydrogen-bond donors (Lipinski definition) is 0. The third-order valence-electron chi connectivity index (χ3n) is 4.49. The van der Waals surface area contributed by atoms with E-state index in [1.165, 1.54) is 12.0 Å². The highest BCUT2D eigenvalue weighted by Crippen LogP contribution is 2.36. The minimum atomic E-state index is -0.585. The standard InChI is InChI=1S/C21H23NO6/c1-4-27-18-7-5-6-8-19(18)28-21(24)14-11-20(23)22(13-14)16-12-15(25-2)9-10-17(16)26-3/h5-10,12,14H,4,11,13H2,1-3H3. The molecule has 1 fully saturated rings. The van der Waals surface area contributed by atoms with Crippen LogP contribution in [0.25, 0.3) is 0 Å². The molecule has 3 rings (SSSR count). The number of carbonyl (C=O) groups is 2. The predicted molar refractivity (Wildman–Crippen MR) is 103 cm³/mol. The van der Waals surface area contributed by atoms with Gasteiger partial charge in [-0.2, -0.15) is 0 Å². The van der Waals surface area contributed by atoms with Gasteiger partial charge >= 0.3 is 5.97 Å². The van der Waals surface area contributed by atoms with E-state index in [2.05, 4.69) is 0 Å². The SMILES string of the molecule is CCOc1ccccc1OC(=O)C1CC(=O)N(c2cc(OC)ccc2OC)C1. The lowest BCUT2D eigenvalue weighted by Crippen LogP contribution is -2.27. The molecule has 28 heavy (non-hydrogen) atoms. The lowest BCUT2D eigenvalue weighted by Gasteiger charge is -2.20. The van der Waals surface area contributed by atoms with Gasteiger partial charge in [0.05, 0.1) is 32.4 Å². The van der Waals surface area contributed by atoms with Gasteiger partial charge in [0.2, 0.25) is 5.91 Å². The van der Waals surface area contributed by atoms with Crippen molar-refractivity contribution in [2.45, 2.75) is 13.3 Å². The van der Waals surface area contributed by atoms with Gasteiger partial charge in [0.1, 0.15) is 11.5 Å². The number of benzene rings is 2. The van der Waals surface area contributed by atoms with Crippen LogP contribution < -0.4 is 23.8 Å². The Morgan fingerprint density at radius 3 is 2.50 bits per heavy atom. The first-order valence-corrected chi connectivity index (χ1v) is 9.03. The number of amides is 1. The molecule has 0 aliphatic carbocycles. The van der Waals surface area contributed by atoms with Crippen molar-refractivity contribution in [1.82, 2.24) is 0 Å². The zero-order valence-electron chi connectivity index (χ0n) is 16.1. The van der Waals surface area contributed by atoms with E-state index >= 15 is 0 Å². The molecular weight excluding hydrogens is 362 g/mol. The van der Waals surface area contributed by atoms with Crippen molar-refractivity contribution in [1.29, 1.82) is 0 Å². The molecule has 1 saturated heterocycles. The molecule has 7 heteroatoms. The lowest BCUT2D eigenvalue weighted by atomic mass is 10.1. The van der Waals surface area contributed by atoms with E-state index in [1.807, 2.05) is 6.92 Å². The highest BCUT2D eigenvalue weighted by Gasteiger charge is 2.38. The Morgan fingerprint density at radius 2 is 1.82 bits per heavy atom. The third kappa shape index (κ3) is 4.03. The van der Waals surface area contributed by atoms with Gasteiger partial charge < -0.3 is 23.8 Å². The van der Waals surface area contributed by atoms with Gasteiger partial charge in [0.15, 0.2) is 11.5 Å². The smallest absolute Gasteiger partial charge is 0.316 e. The number of nitrogens with zero attached hydrogens (tertiary/aromatic N) is 1. The fourth-order valence-corrected chi connectivity index (χ4v) is 3.11. The maximum absolute atomic E-state index is 12.7. The Hall–Kier alpha value is -3.22. The first kappa shape index (κ1) is 19.5. The van der Waals surface area contributed by atoms with Crippen molar-refractivity contribution in [3.63, 3.8) is 0 Å². The Morgan fingerprint density at radius 1 is 1.07 bits per heavy atom. The number of methoxy groups -OCH3 is 2. The number of para-hydroxylation sites is 2. The van der Waals surface area contributed by atoms with Gasteiger partial charge in [0.25, 0.3) is 0 Å². The second-order valence-electron chi connectivity index (χ2n) is 6.24. The Labute approximate surface area is 163 Å². The number of carbonyl (C=O) groups excluding carboxylic acids is 2. The van der Waals surface area contributed by atoms with Crippen molar-refractivity contribution in [2.75, 3.05) is 32.3 Å². The summed E-state index contributed by atoms with van der Waals surface area (Å²) in [6, 6.07) is 12.2. The molecule has 1 unspecified atom stereocenters. The molecule has 0 N–H and O–H groups in total. The van der Waals surface area contributed by atoms with Crippen LogP contribution in [0.1, 0.15) is 13.3 Å². The monoisotopic (exact) mass is 385 g/mol. The highest BCUT2D eigenvalue weighted by atomic mass is 16.6. The molecule has 1 heterocycles. The van der Waals surface area contributed by atoms with Crippen molar-refractivity contribution in [3.05, 3.63) is 42.5 Å². The van der Waals surface area contributed by atoms with Crippen molar-refractivity contribution >= 4 is 17.6 Å². The quantitative estimate of drug-likeness (QED) is 0.539. The molecule has 148 valence electrons. The highest BCUT2D eigenvalue weighted by molar-refractivity contribution is 6.01. The van der Waals surface area contributed by atoms with E-state index in [4.69, 9.17) is 18.9 Å². The van der Waals surface area contributed by atoms with E-state index in [0.29, 0.717) is 35.3 Å². The molecule has 0 spiro atoms. The summed E-state index contributed by atoms with van der Waals surface area (Å²) < 4.78 is 21.6. The third-order valence-corrected chi connectivity index (χ3v) is 4.49. The molecular formula is C21H23NO6. The van der Waals surface area contributed by atoms with Crippen molar-refractivity contribution in [2.24, 2.45) is 5.92 Å². The molecule has 1 aliphatic rings. The van der Waals surface area contributed by atoms with Gasteiger partial charge in [0, 0.05) is 19.0 Å². The van der Waals surface area contributed by atoms with Gasteiger partial charge in [-0.05, 0) is 31.2 Å². The number of rotatable bonds is 7. The van der Waals surface area contributed by atoms with Crippen molar-refractivity contribution in [3.8, 4) is 23.0 Å². The van der Waals surface area contributed by atoms with Crippen LogP contribution in [0.15, 0.2) is 42.5 Å². The molecule has 2 aromatic carbocycles. The fourth-order valence-electron chi connectivity index (χ4n) is 3.11. The first-order chi connectivity index (χ1) is 13.6. The zero-order valence-corrected chi connectivity index (χ0v) is 16.1. The second-order valence-corrected chi connectivity index (χ2v) is 6.24. The van der Waals surface area contributed by atoms with E-state index < -0.39 is 11.9 Å². The van der Waals surface area contributed by atoms with E-state index in [-0.39, 0.29) is 18.9 Å². The van der Waals surface area contributed by atoms with Gasteiger partial charge in [-0.25, -0.2) is 0 Å². The van der Waals surface area contributed by atoms with Gasteiger partial charge in [-0.15, -0.1) is 0 Å². The number of anilines is 1. The molecule has 1 aliphatic heterocycles. The summed E-state index contributed by atoms with van der Waals surface area (Å²) in [7, 11) is 3.08. The maximum Gasteiger partial charge on any atom is 0.316 e. The Bertz CT molecular complexity index is 866. The summed E-state index contributed by atoms with van der Waals surface area (Å²) in [6.07, 6.45) is 0.0655. The molecule has 2 aromatic rings. The lowest BCUT2D eigenvalue weighted by molar-refractivity contribution is -0.139. The summed E-state index contributed by atoms with van der Waals surface area (Å²) in [5.41, 5.74) is 0.567. The van der Waals surface area contributed by atoms with Crippen LogP contribution in [0.4, 0.5) is 5.69 Å². The Kier molecular flexibility index (Phi) is 6.03. The first-order valence-electron chi connectivity index (χ1n) is 9.03. The summed E-state index contributed by atoms with van der Waals surface area (Å²) in [6.45, 7) is 2.52. The molecule has 1 atom stereocenters. The number of ether oxygens (including phenoxy) is 4. The average molecular weight is 385 g/mol. The minimum Gasteiger partial charge on any atom is -0.497 e. The van der Waals surface area contributed by atoms with E-state index in [0.717, 1.165) is 0 Å². The normalized spacial score (nSPS) is 16.0. The summed E-state index contributed by atoms with van der Waals surface area (Å²) in [5, 5.41) is 0. The minimum absolute atomic E-state index is 0.0655. The predicted octanol–water partition coefficient (Wildman–Crippen LogP) is 3.06. The fraction of sp³-hybridized carbons (Fsp3) is 0.333. The topological polar surface area (TPSA) is 74.3 Å². The molecule has 0 bridgehead atoms. The Balaban J connectivity index is 1.77. The van der Waals surface area contributed by atoms with Crippen molar-refractivity contribution < 1.29 is 28.5 Å². The van der Waals surface area contributed by atoms with Crippen LogP contribution >= 0.6 is 0 Å². The molecule has 0 saturated carbocycles.